The lowest BCUT2D eigenvalue weighted by molar-refractivity contribution is -0.120. The highest BCUT2D eigenvalue weighted by molar-refractivity contribution is 7.90. The molecule has 18 heavy (non-hydrogen) atoms. The Morgan fingerprint density at radius 1 is 1.33 bits per heavy atom. The molecule has 0 fully saturated rings. The van der Waals surface area contributed by atoms with Crippen LogP contribution in [-0.2, 0) is 21.1 Å². The summed E-state index contributed by atoms with van der Waals surface area (Å²) in [7, 11) is -3.06. The van der Waals surface area contributed by atoms with Gasteiger partial charge in [0.25, 0.3) is 0 Å². The number of Topliss-reactive ketones (excluding diaryl/α,β-unsaturated/α-hetero) is 1. The zero-order chi connectivity index (χ0) is 13.2. The number of aryl methyl sites for hydroxylation is 1. The molecule has 1 aromatic rings. The fraction of sp³-hybridized carbons (Fsp3) is 0.500. The van der Waals surface area contributed by atoms with Gasteiger partial charge in [0, 0.05) is 18.6 Å². The first-order chi connectivity index (χ1) is 8.47. The average Bonchev–Trinajstić information content (AvgIpc) is 2.34. The Balaban J connectivity index is 2.13. The quantitative estimate of drug-likeness (QED) is 0.838. The average molecular weight is 266 g/mol. The van der Waals surface area contributed by atoms with Crippen molar-refractivity contribution in [2.24, 2.45) is 0 Å². The summed E-state index contributed by atoms with van der Waals surface area (Å²) in [6, 6.07) is 7.99. The Kier molecular flexibility index (Phi) is 3.85. The highest BCUT2D eigenvalue weighted by atomic mass is 32.2. The van der Waals surface area contributed by atoms with Gasteiger partial charge >= 0.3 is 0 Å². The first kappa shape index (κ1) is 13.3. The molecule has 98 valence electrons. The van der Waals surface area contributed by atoms with E-state index in [2.05, 4.69) is 6.07 Å². The molecule has 3 nitrogen and oxygen atoms in total. The van der Waals surface area contributed by atoms with E-state index in [0.29, 0.717) is 0 Å². The van der Waals surface area contributed by atoms with Gasteiger partial charge in [-0.3, -0.25) is 4.79 Å². The molecule has 1 aromatic carbocycles. The molecule has 0 aliphatic heterocycles. The van der Waals surface area contributed by atoms with Crippen molar-refractivity contribution >= 4 is 15.6 Å². The fourth-order valence-corrected chi connectivity index (χ4v) is 3.12. The number of sulfone groups is 1. The highest BCUT2D eigenvalue weighted by Gasteiger charge is 2.26. The fourth-order valence-electron chi connectivity index (χ4n) is 2.55. The number of rotatable bonds is 4. The van der Waals surface area contributed by atoms with Crippen LogP contribution >= 0.6 is 0 Å². The largest absolute Gasteiger partial charge is 0.299 e. The van der Waals surface area contributed by atoms with Crippen LogP contribution in [0.1, 0.15) is 36.3 Å². The number of carbonyl (C=O) groups is 1. The van der Waals surface area contributed by atoms with Crippen LogP contribution in [0.3, 0.4) is 0 Å². The molecule has 0 aromatic heterocycles. The van der Waals surface area contributed by atoms with Crippen molar-refractivity contribution in [1.29, 1.82) is 0 Å². The molecule has 1 aliphatic carbocycles. The topological polar surface area (TPSA) is 51.2 Å². The van der Waals surface area contributed by atoms with Crippen LogP contribution in [0.4, 0.5) is 0 Å². The molecule has 0 amide bonds. The zero-order valence-electron chi connectivity index (χ0n) is 10.6. The Labute approximate surface area is 108 Å². The second-order valence-electron chi connectivity index (χ2n) is 4.99. The van der Waals surface area contributed by atoms with Gasteiger partial charge in [0.15, 0.2) is 0 Å². The standard InChI is InChI=1S/C14H18O3S/c1-18(16,17)10-9-14(15)13-8-4-6-11-5-2-3-7-12(11)13/h2-3,5,7,13H,4,6,8-10H2,1H3. The van der Waals surface area contributed by atoms with Gasteiger partial charge in [-0.1, -0.05) is 24.3 Å². The van der Waals surface area contributed by atoms with Gasteiger partial charge in [0.1, 0.15) is 15.6 Å². The molecule has 1 atom stereocenters. The molecule has 1 unspecified atom stereocenters. The maximum Gasteiger partial charge on any atom is 0.147 e. The van der Waals surface area contributed by atoms with Crippen LogP contribution in [0, 0.1) is 0 Å². The number of fused-ring (bicyclic) bond motifs is 1. The first-order valence-electron chi connectivity index (χ1n) is 6.25. The van der Waals surface area contributed by atoms with Gasteiger partial charge in [0.2, 0.25) is 0 Å². The number of carbonyl (C=O) groups excluding carboxylic acids is 1. The van der Waals surface area contributed by atoms with Crippen LogP contribution in [0.5, 0.6) is 0 Å². The van der Waals surface area contributed by atoms with E-state index in [1.807, 2.05) is 18.2 Å². The maximum atomic E-state index is 12.1. The summed E-state index contributed by atoms with van der Waals surface area (Å²) in [6.45, 7) is 0. The van der Waals surface area contributed by atoms with E-state index in [9.17, 15) is 13.2 Å². The molecular weight excluding hydrogens is 248 g/mol. The molecule has 2 rings (SSSR count). The molecular formula is C14H18O3S. The van der Waals surface area contributed by atoms with E-state index in [4.69, 9.17) is 0 Å². The van der Waals surface area contributed by atoms with Crippen LogP contribution < -0.4 is 0 Å². The molecule has 0 saturated carbocycles. The third-order valence-corrected chi connectivity index (χ3v) is 4.42. The van der Waals surface area contributed by atoms with Gasteiger partial charge in [-0.25, -0.2) is 8.42 Å². The summed E-state index contributed by atoms with van der Waals surface area (Å²) in [6.07, 6.45) is 4.19. The molecule has 0 saturated heterocycles. The van der Waals surface area contributed by atoms with Crippen LogP contribution in [0.15, 0.2) is 24.3 Å². The molecule has 0 N–H and O–H groups in total. The van der Waals surface area contributed by atoms with Crippen molar-refractivity contribution in [2.75, 3.05) is 12.0 Å². The molecule has 0 bridgehead atoms. The molecule has 0 heterocycles. The predicted molar refractivity (Wildman–Crippen MR) is 71.5 cm³/mol. The van der Waals surface area contributed by atoms with Gasteiger partial charge in [-0.2, -0.15) is 0 Å². The summed E-state index contributed by atoms with van der Waals surface area (Å²) in [5.74, 6) is -0.0749. The van der Waals surface area contributed by atoms with Gasteiger partial charge < -0.3 is 0 Å². The smallest absolute Gasteiger partial charge is 0.147 e. The molecule has 1 aliphatic rings. The Morgan fingerprint density at radius 2 is 2.06 bits per heavy atom. The summed E-state index contributed by atoms with van der Waals surface area (Å²) in [5, 5.41) is 0. The summed E-state index contributed by atoms with van der Waals surface area (Å²) >= 11 is 0. The van der Waals surface area contributed by atoms with Crippen molar-refractivity contribution in [3.05, 3.63) is 35.4 Å². The lowest BCUT2D eigenvalue weighted by atomic mass is 9.80. The van der Waals surface area contributed by atoms with Crippen molar-refractivity contribution in [2.45, 2.75) is 31.6 Å². The number of hydrogen-bond donors (Lipinski definition) is 0. The van der Waals surface area contributed by atoms with Crippen molar-refractivity contribution in [3.8, 4) is 0 Å². The first-order valence-corrected chi connectivity index (χ1v) is 8.31. The third-order valence-electron chi connectivity index (χ3n) is 3.48. The van der Waals surface area contributed by atoms with Crippen LogP contribution in [0.25, 0.3) is 0 Å². The lowest BCUT2D eigenvalue weighted by Crippen LogP contribution is -2.20. The Hall–Kier alpha value is -1.16. The third kappa shape index (κ3) is 3.19. The summed E-state index contributed by atoms with van der Waals surface area (Å²) < 4.78 is 22.2. The monoisotopic (exact) mass is 266 g/mol. The van der Waals surface area contributed by atoms with Gasteiger partial charge in [0.05, 0.1) is 5.75 Å². The molecule has 0 radical (unpaired) electrons. The van der Waals surface area contributed by atoms with Crippen LogP contribution in [-0.4, -0.2) is 26.2 Å². The minimum atomic E-state index is -3.06. The van der Waals surface area contributed by atoms with Gasteiger partial charge in [-0.05, 0) is 30.4 Å². The molecule has 0 spiro atoms. The normalized spacial score (nSPS) is 19.3. The van der Waals surface area contributed by atoms with Crippen molar-refractivity contribution < 1.29 is 13.2 Å². The Bertz CT molecular complexity index is 546. The van der Waals surface area contributed by atoms with E-state index >= 15 is 0 Å². The maximum absolute atomic E-state index is 12.1. The lowest BCUT2D eigenvalue weighted by Gasteiger charge is -2.24. The molecule has 4 heteroatoms. The Morgan fingerprint density at radius 3 is 2.78 bits per heavy atom. The van der Waals surface area contributed by atoms with E-state index in [1.54, 1.807) is 0 Å². The van der Waals surface area contributed by atoms with Crippen molar-refractivity contribution in [3.63, 3.8) is 0 Å². The minimum absolute atomic E-state index is 0.0372. The van der Waals surface area contributed by atoms with Crippen molar-refractivity contribution in [1.82, 2.24) is 0 Å². The zero-order valence-corrected chi connectivity index (χ0v) is 11.4. The van der Waals surface area contributed by atoms with Crippen LogP contribution in [0.2, 0.25) is 0 Å². The summed E-state index contributed by atoms with van der Waals surface area (Å²) in [5.41, 5.74) is 2.34. The predicted octanol–water partition coefficient (Wildman–Crippen LogP) is 2.11. The number of benzene rings is 1. The number of hydrogen-bond acceptors (Lipinski definition) is 3. The van der Waals surface area contributed by atoms with E-state index in [-0.39, 0.29) is 23.9 Å². The number of ketones is 1. The SMILES string of the molecule is CS(=O)(=O)CCC(=O)C1CCCc2ccccc21. The second-order valence-corrected chi connectivity index (χ2v) is 7.25. The second kappa shape index (κ2) is 5.22. The van der Waals surface area contributed by atoms with Gasteiger partial charge in [-0.15, -0.1) is 0 Å². The van der Waals surface area contributed by atoms with E-state index < -0.39 is 9.84 Å². The van der Waals surface area contributed by atoms with E-state index in [0.717, 1.165) is 24.8 Å². The minimum Gasteiger partial charge on any atom is -0.299 e. The highest BCUT2D eigenvalue weighted by Crippen LogP contribution is 2.32. The summed E-state index contributed by atoms with van der Waals surface area (Å²) in [4.78, 5) is 12.1. The van der Waals surface area contributed by atoms with E-state index in [1.165, 1.54) is 11.8 Å².